The van der Waals surface area contributed by atoms with Crippen molar-refractivity contribution in [3.63, 3.8) is 0 Å². The van der Waals surface area contributed by atoms with Crippen molar-refractivity contribution < 1.29 is 132 Å². The maximum Gasteiger partial charge on any atom is 0.191 e. The monoisotopic (exact) mass is 1600 g/mol. The van der Waals surface area contributed by atoms with E-state index in [0.717, 1.165) is 25.6 Å². The van der Waals surface area contributed by atoms with Gasteiger partial charge in [-0.1, -0.05) is 108 Å². The van der Waals surface area contributed by atoms with Gasteiger partial charge in [0.1, 0.15) is 53.9 Å². The number of fused-ring (bicyclic) bond motifs is 3. The number of benzene rings is 3. The first-order valence-electron chi connectivity index (χ1n) is 53.5. The predicted molar refractivity (Wildman–Crippen MR) is 398 cm³/mol. The Bertz CT molecular complexity index is 6840. The van der Waals surface area contributed by atoms with E-state index in [0.29, 0.717) is 16.9 Å². The Morgan fingerprint density at radius 2 is 0.880 bits per heavy atom. The van der Waals surface area contributed by atoms with Crippen molar-refractivity contribution in [2.75, 3.05) is 72.6 Å². The van der Waals surface area contributed by atoms with E-state index in [1.807, 2.05) is 6.92 Å². The fourth-order valence-electron chi connectivity index (χ4n) is 10.3. The molecule has 0 saturated heterocycles. The number of thioether (sulfide) groups is 3. The maximum atomic E-state index is 14.8. The fraction of sp³-hybridized carbons (Fsp3) is 0.583. The van der Waals surface area contributed by atoms with Crippen molar-refractivity contribution >= 4 is 86.2 Å². The first-order valence-corrected chi connectivity index (χ1v) is 34.7. The quantitative estimate of drug-likeness (QED) is 0.0168. The Kier molecular flexibility index (Phi) is 13.4. The lowest BCUT2D eigenvalue weighted by Gasteiger charge is -2.17. The van der Waals surface area contributed by atoms with E-state index in [4.69, 9.17) is 63.7 Å². The SMILES string of the molecule is [2H]c1c([2H])c([C@@H]2C[C@H]2Nc2nc(SC([2H])([2H])C([2H])([2H])C)nc3c2nnn3[C@]2([2H])C([2H])([2H])[C@]([2H])(OC([2H])([2H])C([2H])([2H])O)[C@@]([2H])(O)[C@@]2([2H])O)c([2H])c(F)c1C.[2H]c1c([2H])c([C@@H]2C[C@H]2Nc2nc(SC([2H])([2H])C([2H])([2H])C)nc3c2nnn3[C@]2([2H])C([2H])([2H])[C@]([2H])(OC([2H])([2H])CO)[C@@]([2H])(O)[C@@]2([2H])O)c([2H])c(F)c1C.[2H]c1c([2H])c([C@H]2[C@H](Nc3nc(SCCC)nc4c3nnn4[C@]3([2H])C([2H])([2H])[C@]([2H])(OCCO)[C@@]([2H])(O)[C@@]3([2H])O)C2([2H])[2H])c([2H])c(F)c1C. The van der Waals surface area contributed by atoms with Crippen LogP contribution in [0.2, 0.25) is 0 Å². The number of nitrogens with one attached hydrogen (secondary N) is 3. The van der Waals surface area contributed by atoms with Gasteiger partial charge in [0.2, 0.25) is 0 Å². The summed E-state index contributed by atoms with van der Waals surface area (Å²) in [6.07, 6.45) is -55.1. The molecule has 108 heavy (non-hydrogen) atoms. The number of hydrogen-bond donors (Lipinski definition) is 12. The second-order valence-electron chi connectivity index (χ2n) is 23.3. The lowest BCUT2D eigenvalue weighted by atomic mass is 10.1. The summed E-state index contributed by atoms with van der Waals surface area (Å²) in [6.45, 7) is -7.30. The molecule has 15 rings (SSSR count). The molecule has 6 aliphatic rings. The first-order chi connectivity index (χ1) is 68.2. The second kappa shape index (κ2) is 35.1. The van der Waals surface area contributed by atoms with Crippen LogP contribution in [0.3, 0.4) is 0 Å². The zero-order valence-electron chi connectivity index (χ0n) is 99.7. The van der Waals surface area contributed by atoms with Crippen LogP contribution in [0.25, 0.3) is 33.5 Å². The minimum atomic E-state index is -4.41. The third-order valence-corrected chi connectivity index (χ3v) is 18.3. The van der Waals surface area contributed by atoms with E-state index in [-0.39, 0.29) is 101 Å². The van der Waals surface area contributed by atoms with Crippen LogP contribution < -0.4 is 16.0 Å². The van der Waals surface area contributed by atoms with Gasteiger partial charge in [-0.15, -0.1) is 15.3 Å². The highest BCUT2D eigenvalue weighted by Gasteiger charge is 2.49. The largest absolute Gasteiger partial charge is 0.394 e. The van der Waals surface area contributed by atoms with E-state index >= 15 is 0 Å². The van der Waals surface area contributed by atoms with Gasteiger partial charge in [0.05, 0.1) is 113 Å². The van der Waals surface area contributed by atoms with Crippen molar-refractivity contribution in [1.29, 1.82) is 0 Å². The number of aliphatic hydroxyl groups is 9. The molecule has 0 spiro atoms. The number of halogens is 3. The third kappa shape index (κ3) is 17.5. The molecule has 6 aliphatic carbocycles. The standard InChI is InChI=1S/3C24H31FN6O4S/c3*1-3-8-36-24-27-22(26-16-10-14(16)13-5-4-12(2)15(25)9-13)19-23(28-24)31(30-29-19)17-11-18(35-7-6-32)21(34)20(17)33/h3*4-5,9,14,16-18,20-21,32-34H,3,6-8,10-11H2,1-2H3,(H,26,27,28)/t3*14-,16+,17+,18-,20-,21+/m000/s1/i3D2,4D,5D,6D2,7D2,8D2,9D,11D2,17D,18D,20D,21D;3D2,4D,5D,7D2,8D2,9D,11D2,17D,18D,20D,21D;4D,5D,9D,10D2,11D2,17D,18D,20D,21D. The molecule has 6 saturated carbocycles. The molecule has 0 radical (unpaired) electrons. The number of hydrogen-bond acceptors (Lipinski definition) is 30. The first kappa shape index (κ1) is 41.4. The molecule has 6 heterocycles. The van der Waals surface area contributed by atoms with E-state index in [1.54, 1.807) is 0 Å². The number of ether oxygens (including phenoxy) is 3. The van der Waals surface area contributed by atoms with Gasteiger partial charge >= 0.3 is 0 Å². The molecular formula is C72H93F3N18O12S3. The van der Waals surface area contributed by atoms with Gasteiger partial charge in [0.15, 0.2) is 66.4 Å². The highest BCUT2D eigenvalue weighted by atomic mass is 32.2. The van der Waals surface area contributed by atoms with Crippen molar-refractivity contribution in [1.82, 2.24) is 74.9 Å². The normalized spacial score (nSPS) is 44.4. The van der Waals surface area contributed by atoms with Crippen molar-refractivity contribution in [2.45, 2.75) is 223 Å². The summed E-state index contributed by atoms with van der Waals surface area (Å²) in [5.74, 6) is -6.52. The predicted octanol–water partition coefficient (Wildman–Crippen LogP) is 6.55. The van der Waals surface area contributed by atoms with Crippen molar-refractivity contribution in [2.24, 2.45) is 0 Å². The van der Waals surface area contributed by atoms with E-state index in [9.17, 15) is 59.1 Å². The third-order valence-electron chi connectivity index (χ3n) is 15.9. The number of rotatable bonds is 30. The average Bonchev–Trinajstić information content (AvgIpc) is 1.48. The van der Waals surface area contributed by atoms with Gasteiger partial charge in [-0.2, -0.15) is 0 Å². The molecule has 18 atom stereocenters. The van der Waals surface area contributed by atoms with Gasteiger partial charge < -0.3 is 76.1 Å². The topological polar surface area (TPSA) is 415 Å². The van der Waals surface area contributed by atoms with Crippen LogP contribution in [-0.4, -0.2) is 250 Å². The zero-order chi connectivity index (χ0) is 115. The molecule has 12 N–H and O–H groups in total. The van der Waals surface area contributed by atoms with Gasteiger partial charge in [-0.3, -0.25) is 0 Å². The Morgan fingerprint density at radius 3 is 1.26 bits per heavy atom. The van der Waals surface area contributed by atoms with Crippen LogP contribution in [0, 0.1) is 38.2 Å². The van der Waals surface area contributed by atoms with E-state index in [1.165, 1.54) is 20.8 Å². The van der Waals surface area contributed by atoms with Gasteiger partial charge in [0, 0.05) is 94.1 Å². The molecule has 0 aliphatic heterocycles. The molecule has 0 amide bonds. The summed E-state index contributed by atoms with van der Waals surface area (Å²) >= 11 is 1.23. The van der Waals surface area contributed by atoms with Crippen molar-refractivity contribution in [3.05, 3.63) is 105 Å². The summed E-state index contributed by atoms with van der Waals surface area (Å²) in [5, 5.41) is 124. The number of aromatic nitrogens is 15. The Hall–Kier alpha value is -7.14. The summed E-state index contributed by atoms with van der Waals surface area (Å²) in [6, 6.07) is -19.0. The molecule has 30 nitrogen and oxygen atoms in total. The molecule has 0 unspecified atom stereocenters. The summed E-state index contributed by atoms with van der Waals surface area (Å²) < 4.78 is 415. The highest BCUT2D eigenvalue weighted by molar-refractivity contribution is 7.99. The molecule has 3 aromatic carbocycles. The van der Waals surface area contributed by atoms with E-state index in [2.05, 4.69) is 86.3 Å². The summed E-state index contributed by atoms with van der Waals surface area (Å²) in [4.78, 5) is 25.0. The molecular weight excluding hydrogens is 1460 g/mol. The summed E-state index contributed by atoms with van der Waals surface area (Å²) in [7, 11) is 0. The molecule has 6 fully saturated rings. The van der Waals surface area contributed by atoms with Gasteiger partial charge in [0.25, 0.3) is 0 Å². The van der Waals surface area contributed by atoms with Gasteiger partial charge in [-0.25, -0.2) is 57.1 Å². The van der Waals surface area contributed by atoms with Crippen LogP contribution in [0.1, 0.15) is 206 Å². The Labute approximate surface area is 693 Å². The number of nitrogens with zero attached hydrogens (tertiary/aromatic N) is 15. The number of aliphatic hydroxyl groups excluding tert-OH is 2. The molecule has 36 heteroatoms. The minimum absolute atomic E-state index is 0.0132. The van der Waals surface area contributed by atoms with Crippen molar-refractivity contribution in [3.8, 4) is 0 Å². The molecule has 582 valence electrons. The van der Waals surface area contributed by atoms with Crippen LogP contribution in [-0.2, 0) is 14.2 Å². The number of anilines is 3. The molecule has 9 aromatic rings. The van der Waals surface area contributed by atoms with Gasteiger partial charge in [-0.05, 0) is 111 Å². The maximum absolute atomic E-state index is 14.8. The van der Waals surface area contributed by atoms with Crippen LogP contribution in [0.4, 0.5) is 30.6 Å². The molecule has 6 aromatic heterocycles. The zero-order valence-corrected chi connectivity index (χ0v) is 59.2. The minimum Gasteiger partial charge on any atom is -0.394 e. The highest BCUT2D eigenvalue weighted by Crippen LogP contribution is 2.48. The van der Waals surface area contributed by atoms with Crippen LogP contribution in [0.5, 0.6) is 0 Å². The fourth-order valence-corrected chi connectivity index (χ4v) is 11.9. The second-order valence-corrected chi connectivity index (χ2v) is 25.9. The van der Waals surface area contributed by atoms with Crippen LogP contribution in [0.15, 0.2) is 69.9 Å². The Morgan fingerprint density at radius 1 is 0.500 bits per heavy atom. The smallest absolute Gasteiger partial charge is 0.191 e. The summed E-state index contributed by atoms with van der Waals surface area (Å²) in [5.41, 5.74) is -10.4. The molecule has 0 bridgehead atoms. The van der Waals surface area contributed by atoms with Crippen LogP contribution >= 0.6 is 35.3 Å². The average molecular weight is 1600 g/mol. The Balaban J connectivity index is 0.000000189. The lowest BCUT2D eigenvalue weighted by Crippen LogP contribution is -2.33. The van der Waals surface area contributed by atoms with E-state index < -0.39 is 314 Å². The lowest BCUT2D eigenvalue weighted by molar-refractivity contribution is -0.0629.